The van der Waals surface area contributed by atoms with Crippen LogP contribution in [0.4, 0.5) is 17.6 Å². The first-order valence-corrected chi connectivity index (χ1v) is 4.45. The second-order valence-electron chi connectivity index (χ2n) is 2.40. The average molecular weight is 321 g/mol. The molecule has 0 N–H and O–H groups in total. The van der Waals surface area contributed by atoms with E-state index in [1.54, 1.807) is 0 Å². The second kappa shape index (κ2) is 3.87. The molecule has 0 aliphatic carbocycles. The van der Waals surface area contributed by atoms with Gasteiger partial charge in [-0.15, -0.1) is 13.2 Å². The Balaban J connectivity index is 3.13. The van der Waals surface area contributed by atoms with Gasteiger partial charge in [0, 0.05) is 5.56 Å². The van der Waals surface area contributed by atoms with E-state index in [-0.39, 0.29) is 9.26 Å². The van der Waals surface area contributed by atoms with Crippen molar-refractivity contribution < 1.29 is 22.3 Å². The van der Waals surface area contributed by atoms with Crippen LogP contribution in [0.2, 0.25) is 0 Å². The normalized spacial score (nSPS) is 11.6. The SMILES string of the molecule is Cc1c(F)cnc(I)c1OC(F)(F)F. The Morgan fingerprint density at radius 1 is 1.43 bits per heavy atom. The van der Waals surface area contributed by atoms with Gasteiger partial charge in [0.1, 0.15) is 9.52 Å². The average Bonchev–Trinajstić information content (AvgIpc) is 2.04. The van der Waals surface area contributed by atoms with E-state index < -0.39 is 17.9 Å². The molecule has 0 atom stereocenters. The summed E-state index contributed by atoms with van der Waals surface area (Å²) in [7, 11) is 0. The number of aromatic nitrogens is 1. The number of hydrogen-bond donors (Lipinski definition) is 0. The molecule has 0 amide bonds. The molecule has 0 spiro atoms. The fourth-order valence-corrected chi connectivity index (χ4v) is 1.42. The number of nitrogens with zero attached hydrogens (tertiary/aromatic N) is 1. The number of hydrogen-bond acceptors (Lipinski definition) is 2. The van der Waals surface area contributed by atoms with Crippen molar-refractivity contribution in [3.63, 3.8) is 0 Å². The molecule has 78 valence electrons. The summed E-state index contributed by atoms with van der Waals surface area (Å²) in [6, 6.07) is 0. The zero-order valence-electron chi connectivity index (χ0n) is 6.82. The smallest absolute Gasteiger partial charge is 0.403 e. The predicted molar refractivity (Wildman–Crippen MR) is 48.3 cm³/mol. The molecule has 0 aliphatic heterocycles. The van der Waals surface area contributed by atoms with Crippen molar-refractivity contribution in [2.45, 2.75) is 13.3 Å². The van der Waals surface area contributed by atoms with E-state index in [9.17, 15) is 17.6 Å². The minimum absolute atomic E-state index is 0.0289. The molecular formula is C7H4F4INO. The number of ether oxygens (including phenoxy) is 1. The topological polar surface area (TPSA) is 22.1 Å². The van der Waals surface area contributed by atoms with Crippen molar-refractivity contribution in [1.82, 2.24) is 4.98 Å². The largest absolute Gasteiger partial charge is 0.573 e. The third kappa shape index (κ3) is 2.69. The lowest BCUT2D eigenvalue weighted by Gasteiger charge is -2.12. The Morgan fingerprint density at radius 2 is 2.00 bits per heavy atom. The summed E-state index contributed by atoms with van der Waals surface area (Å²) < 4.78 is 52.0. The molecule has 1 aromatic rings. The Kier molecular flexibility index (Phi) is 3.17. The maximum Gasteiger partial charge on any atom is 0.573 e. The van der Waals surface area contributed by atoms with Crippen LogP contribution in [0.3, 0.4) is 0 Å². The highest BCUT2D eigenvalue weighted by atomic mass is 127. The van der Waals surface area contributed by atoms with Crippen LogP contribution >= 0.6 is 22.6 Å². The summed E-state index contributed by atoms with van der Waals surface area (Å²) in [4.78, 5) is 3.41. The standard InChI is InChI=1S/C7H4F4INO/c1-3-4(8)2-13-6(12)5(3)14-7(9,10)11/h2H,1H3. The van der Waals surface area contributed by atoms with Gasteiger partial charge in [0.2, 0.25) is 0 Å². The fraction of sp³-hybridized carbons (Fsp3) is 0.286. The first-order chi connectivity index (χ1) is 6.31. The lowest BCUT2D eigenvalue weighted by molar-refractivity contribution is -0.275. The molecule has 1 aromatic heterocycles. The van der Waals surface area contributed by atoms with E-state index in [1.165, 1.54) is 29.5 Å². The third-order valence-electron chi connectivity index (χ3n) is 1.40. The van der Waals surface area contributed by atoms with Crippen LogP contribution in [-0.2, 0) is 0 Å². The molecule has 1 rings (SSSR count). The van der Waals surface area contributed by atoms with E-state index in [2.05, 4.69) is 9.72 Å². The Bertz CT molecular complexity index is 352. The first-order valence-electron chi connectivity index (χ1n) is 3.37. The predicted octanol–water partition coefficient (Wildman–Crippen LogP) is 3.03. The van der Waals surface area contributed by atoms with Gasteiger partial charge in [0.15, 0.2) is 5.75 Å². The monoisotopic (exact) mass is 321 g/mol. The van der Waals surface area contributed by atoms with Crippen LogP contribution in [0.15, 0.2) is 6.20 Å². The summed E-state index contributed by atoms with van der Waals surface area (Å²) in [6.07, 6.45) is -3.99. The van der Waals surface area contributed by atoms with Crippen LogP contribution < -0.4 is 4.74 Å². The highest BCUT2D eigenvalue weighted by molar-refractivity contribution is 14.1. The van der Waals surface area contributed by atoms with Crippen molar-refractivity contribution >= 4 is 22.6 Å². The van der Waals surface area contributed by atoms with Crippen LogP contribution in [0, 0.1) is 16.4 Å². The Morgan fingerprint density at radius 3 is 2.50 bits per heavy atom. The van der Waals surface area contributed by atoms with Gasteiger partial charge >= 0.3 is 6.36 Å². The molecule has 14 heavy (non-hydrogen) atoms. The van der Waals surface area contributed by atoms with Gasteiger partial charge in [-0.05, 0) is 29.5 Å². The highest BCUT2D eigenvalue weighted by Crippen LogP contribution is 2.30. The zero-order chi connectivity index (χ0) is 10.9. The molecule has 0 fully saturated rings. The maximum atomic E-state index is 12.8. The molecule has 0 aliphatic rings. The van der Waals surface area contributed by atoms with Crippen LogP contribution in [0.5, 0.6) is 5.75 Å². The summed E-state index contributed by atoms with van der Waals surface area (Å²) in [5.74, 6) is -1.41. The molecular weight excluding hydrogens is 317 g/mol. The lowest BCUT2D eigenvalue weighted by Crippen LogP contribution is -2.19. The summed E-state index contributed by atoms with van der Waals surface area (Å²) >= 11 is 1.54. The van der Waals surface area contributed by atoms with Crippen molar-refractivity contribution in [2.24, 2.45) is 0 Å². The fourth-order valence-electron chi connectivity index (χ4n) is 0.766. The van der Waals surface area contributed by atoms with E-state index >= 15 is 0 Å². The van der Waals surface area contributed by atoms with Gasteiger partial charge in [-0.1, -0.05) is 0 Å². The van der Waals surface area contributed by atoms with Gasteiger partial charge in [-0.2, -0.15) is 0 Å². The van der Waals surface area contributed by atoms with Gasteiger partial charge in [0.05, 0.1) is 6.20 Å². The molecule has 1 heterocycles. The Labute approximate surface area is 90.4 Å². The number of alkyl halides is 3. The van der Waals surface area contributed by atoms with Gasteiger partial charge < -0.3 is 4.74 Å². The number of halogens is 5. The quantitative estimate of drug-likeness (QED) is 0.451. The van der Waals surface area contributed by atoms with Gasteiger partial charge in [-0.25, -0.2) is 9.37 Å². The van der Waals surface area contributed by atoms with E-state index in [0.29, 0.717) is 0 Å². The van der Waals surface area contributed by atoms with Crippen molar-refractivity contribution in [1.29, 1.82) is 0 Å². The van der Waals surface area contributed by atoms with E-state index in [1.807, 2.05) is 0 Å². The van der Waals surface area contributed by atoms with E-state index in [4.69, 9.17) is 0 Å². The molecule has 0 bridgehead atoms. The van der Waals surface area contributed by atoms with Gasteiger partial charge in [0.25, 0.3) is 0 Å². The van der Waals surface area contributed by atoms with Crippen molar-refractivity contribution in [2.75, 3.05) is 0 Å². The number of rotatable bonds is 1. The molecule has 2 nitrogen and oxygen atoms in total. The second-order valence-corrected chi connectivity index (χ2v) is 3.42. The van der Waals surface area contributed by atoms with Crippen molar-refractivity contribution in [3.05, 3.63) is 21.3 Å². The molecule has 0 unspecified atom stereocenters. The summed E-state index contributed by atoms with van der Waals surface area (Å²) in [5, 5.41) is 0. The molecule has 7 heteroatoms. The first kappa shape index (κ1) is 11.5. The minimum Gasteiger partial charge on any atom is -0.403 e. The van der Waals surface area contributed by atoms with Crippen LogP contribution in [-0.4, -0.2) is 11.3 Å². The van der Waals surface area contributed by atoms with Crippen molar-refractivity contribution in [3.8, 4) is 5.75 Å². The summed E-state index contributed by atoms with van der Waals surface area (Å²) in [5.41, 5.74) is -0.207. The van der Waals surface area contributed by atoms with Gasteiger partial charge in [-0.3, -0.25) is 0 Å². The number of pyridine rings is 1. The maximum absolute atomic E-state index is 12.8. The van der Waals surface area contributed by atoms with Crippen LogP contribution in [0.1, 0.15) is 5.56 Å². The lowest BCUT2D eigenvalue weighted by atomic mass is 10.3. The van der Waals surface area contributed by atoms with Crippen LogP contribution in [0.25, 0.3) is 0 Å². The minimum atomic E-state index is -4.83. The molecule has 0 saturated heterocycles. The zero-order valence-corrected chi connectivity index (χ0v) is 8.98. The summed E-state index contributed by atoms with van der Waals surface area (Å²) in [6.45, 7) is 1.19. The Hall–Kier alpha value is -0.600. The van der Waals surface area contributed by atoms with E-state index in [0.717, 1.165) is 6.20 Å². The molecule has 0 saturated carbocycles. The third-order valence-corrected chi connectivity index (χ3v) is 2.16. The molecule has 0 aromatic carbocycles. The molecule has 0 radical (unpaired) electrons. The highest BCUT2D eigenvalue weighted by Gasteiger charge is 2.33.